The molecule has 2 aliphatic rings. The summed E-state index contributed by atoms with van der Waals surface area (Å²) in [7, 11) is 0. The predicted octanol–water partition coefficient (Wildman–Crippen LogP) is 2.87. The van der Waals surface area contributed by atoms with E-state index in [1.54, 1.807) is 6.20 Å². The summed E-state index contributed by atoms with van der Waals surface area (Å²) in [5, 5.41) is 15.9. The number of rotatable bonds is 7. The van der Waals surface area contributed by atoms with Crippen LogP contribution in [0.5, 0.6) is 5.75 Å². The highest BCUT2D eigenvalue weighted by Crippen LogP contribution is 2.32. The van der Waals surface area contributed by atoms with Gasteiger partial charge in [0.2, 0.25) is 0 Å². The first-order chi connectivity index (χ1) is 15.8. The van der Waals surface area contributed by atoms with Gasteiger partial charge >= 0.3 is 0 Å². The van der Waals surface area contributed by atoms with E-state index >= 15 is 0 Å². The largest absolute Gasteiger partial charge is 0.490 e. The van der Waals surface area contributed by atoms with E-state index in [1.807, 2.05) is 29.1 Å². The molecule has 2 atom stereocenters. The standard InChI is InChI=1S/C24H30N4O4/c29-19(16-27-10-13-30-14-11-27)17-32-23-7-8-25-21-15-18(4-5-20(21)23)22-6-9-26-28(22)24-3-1-2-12-31-24/h4-9,15,19,24,29H,1-3,10-14,16-17H2/t19-,24?/m1/s1. The van der Waals surface area contributed by atoms with E-state index in [9.17, 15) is 5.11 Å². The fraction of sp³-hybridized carbons (Fsp3) is 0.500. The van der Waals surface area contributed by atoms with Crippen molar-refractivity contribution in [3.05, 3.63) is 42.7 Å². The van der Waals surface area contributed by atoms with Crippen LogP contribution in [0.3, 0.4) is 0 Å². The predicted molar refractivity (Wildman–Crippen MR) is 121 cm³/mol. The number of morpholine rings is 1. The Morgan fingerprint density at radius 2 is 2.00 bits per heavy atom. The molecule has 32 heavy (non-hydrogen) atoms. The number of nitrogens with zero attached hydrogens (tertiary/aromatic N) is 4. The molecule has 8 nitrogen and oxygen atoms in total. The zero-order chi connectivity index (χ0) is 21.8. The van der Waals surface area contributed by atoms with Crippen molar-refractivity contribution in [3.63, 3.8) is 0 Å². The van der Waals surface area contributed by atoms with Crippen LogP contribution in [0, 0.1) is 0 Å². The Labute approximate surface area is 187 Å². The van der Waals surface area contributed by atoms with Crippen molar-refractivity contribution < 1.29 is 19.3 Å². The Bertz CT molecular complexity index is 1030. The second kappa shape index (κ2) is 9.95. The third-order valence-electron chi connectivity index (χ3n) is 6.10. The van der Waals surface area contributed by atoms with Gasteiger partial charge < -0.3 is 19.3 Å². The van der Waals surface area contributed by atoms with Gasteiger partial charge in [0.05, 0.1) is 24.4 Å². The van der Waals surface area contributed by atoms with Gasteiger partial charge in [0, 0.05) is 49.6 Å². The lowest BCUT2D eigenvalue weighted by Crippen LogP contribution is -2.42. The van der Waals surface area contributed by atoms with Gasteiger partial charge in [-0.2, -0.15) is 5.10 Å². The molecule has 0 bridgehead atoms. The summed E-state index contributed by atoms with van der Waals surface area (Å²) >= 11 is 0. The molecule has 0 aliphatic carbocycles. The maximum absolute atomic E-state index is 10.4. The Kier molecular flexibility index (Phi) is 6.64. The van der Waals surface area contributed by atoms with E-state index in [0.717, 1.165) is 80.1 Å². The van der Waals surface area contributed by atoms with Crippen LogP contribution in [-0.4, -0.2) is 76.9 Å². The molecular weight excluding hydrogens is 408 g/mol. The molecule has 2 fully saturated rings. The van der Waals surface area contributed by atoms with E-state index < -0.39 is 6.10 Å². The highest BCUT2D eigenvalue weighted by molar-refractivity contribution is 5.88. The molecule has 170 valence electrons. The molecule has 0 saturated carbocycles. The maximum Gasteiger partial charge on any atom is 0.150 e. The van der Waals surface area contributed by atoms with Crippen LogP contribution in [0.15, 0.2) is 42.7 Å². The zero-order valence-electron chi connectivity index (χ0n) is 18.2. The number of fused-ring (bicyclic) bond motifs is 1. The quantitative estimate of drug-likeness (QED) is 0.607. The summed E-state index contributed by atoms with van der Waals surface area (Å²) in [6.07, 6.45) is 6.24. The Morgan fingerprint density at radius 3 is 2.84 bits per heavy atom. The van der Waals surface area contributed by atoms with Crippen molar-refractivity contribution in [1.82, 2.24) is 19.7 Å². The number of aromatic nitrogens is 3. The number of hydrogen-bond donors (Lipinski definition) is 1. The van der Waals surface area contributed by atoms with Crippen molar-refractivity contribution in [2.45, 2.75) is 31.6 Å². The van der Waals surface area contributed by atoms with Crippen molar-refractivity contribution in [1.29, 1.82) is 0 Å². The molecule has 0 amide bonds. The minimum Gasteiger partial charge on any atom is -0.490 e. The summed E-state index contributed by atoms with van der Waals surface area (Å²) in [6.45, 7) is 4.74. The van der Waals surface area contributed by atoms with Crippen LogP contribution in [0.25, 0.3) is 22.2 Å². The summed E-state index contributed by atoms with van der Waals surface area (Å²) in [4.78, 5) is 6.75. The highest BCUT2D eigenvalue weighted by atomic mass is 16.5. The van der Waals surface area contributed by atoms with Crippen LogP contribution < -0.4 is 4.74 Å². The van der Waals surface area contributed by atoms with Gasteiger partial charge in [-0.25, -0.2) is 4.68 Å². The van der Waals surface area contributed by atoms with Crippen LogP contribution in [0.4, 0.5) is 0 Å². The first-order valence-corrected chi connectivity index (χ1v) is 11.4. The van der Waals surface area contributed by atoms with E-state index in [2.05, 4.69) is 27.1 Å². The molecule has 1 unspecified atom stereocenters. The molecule has 2 aromatic heterocycles. The first-order valence-electron chi connectivity index (χ1n) is 11.4. The number of aliphatic hydroxyl groups excluding tert-OH is 1. The zero-order valence-corrected chi connectivity index (χ0v) is 18.2. The van der Waals surface area contributed by atoms with E-state index in [0.29, 0.717) is 6.54 Å². The smallest absolute Gasteiger partial charge is 0.150 e. The summed E-state index contributed by atoms with van der Waals surface area (Å²) in [6, 6.07) is 10.0. The van der Waals surface area contributed by atoms with Crippen molar-refractivity contribution in [3.8, 4) is 17.0 Å². The summed E-state index contributed by atoms with van der Waals surface area (Å²) < 4.78 is 19.3. The lowest BCUT2D eigenvalue weighted by atomic mass is 10.1. The molecule has 2 aliphatic heterocycles. The molecule has 5 rings (SSSR count). The number of benzene rings is 1. The molecule has 0 spiro atoms. The SMILES string of the molecule is O[C@@H](COc1ccnc2cc(-c3ccnn3C3CCCCO3)ccc12)CN1CCOCC1. The van der Waals surface area contributed by atoms with Gasteiger partial charge in [-0.1, -0.05) is 6.07 Å². The molecule has 0 radical (unpaired) electrons. The molecule has 1 aromatic carbocycles. The molecule has 2 saturated heterocycles. The number of pyridine rings is 1. The van der Waals surface area contributed by atoms with E-state index in [-0.39, 0.29) is 12.8 Å². The van der Waals surface area contributed by atoms with Gasteiger partial charge in [-0.15, -0.1) is 0 Å². The topological polar surface area (TPSA) is 81.9 Å². The number of β-amino-alcohol motifs (C(OH)–C–C–N with tert-alkyl or cyclic N) is 1. The Balaban J connectivity index is 1.30. The number of ether oxygens (including phenoxy) is 3. The van der Waals surface area contributed by atoms with Crippen LogP contribution in [0.1, 0.15) is 25.5 Å². The second-order valence-electron chi connectivity index (χ2n) is 8.40. The minimum atomic E-state index is -0.555. The Hall–Kier alpha value is -2.52. The normalized spacial score (nSPS) is 21.0. The number of aliphatic hydroxyl groups is 1. The molecule has 8 heteroatoms. The second-order valence-corrected chi connectivity index (χ2v) is 8.40. The number of hydrogen-bond acceptors (Lipinski definition) is 7. The summed E-state index contributed by atoms with van der Waals surface area (Å²) in [5.41, 5.74) is 2.91. The lowest BCUT2D eigenvalue weighted by Gasteiger charge is -2.28. The third-order valence-corrected chi connectivity index (χ3v) is 6.10. The average molecular weight is 439 g/mol. The van der Waals surface area contributed by atoms with Gasteiger partial charge in [0.15, 0.2) is 6.23 Å². The van der Waals surface area contributed by atoms with Gasteiger partial charge in [-0.05, 0) is 43.5 Å². The summed E-state index contributed by atoms with van der Waals surface area (Å²) in [5.74, 6) is 0.728. The fourth-order valence-electron chi connectivity index (χ4n) is 4.42. The van der Waals surface area contributed by atoms with Crippen molar-refractivity contribution in [2.75, 3.05) is 46.1 Å². The van der Waals surface area contributed by atoms with Crippen molar-refractivity contribution in [2.24, 2.45) is 0 Å². The van der Waals surface area contributed by atoms with E-state index in [4.69, 9.17) is 14.2 Å². The molecule has 4 heterocycles. The molecule has 1 N–H and O–H groups in total. The van der Waals surface area contributed by atoms with Gasteiger partial charge in [0.1, 0.15) is 18.5 Å². The Morgan fingerprint density at radius 1 is 1.09 bits per heavy atom. The minimum absolute atomic E-state index is 0.0139. The fourth-order valence-corrected chi connectivity index (χ4v) is 4.42. The lowest BCUT2D eigenvalue weighted by molar-refractivity contribution is -0.0383. The highest BCUT2D eigenvalue weighted by Gasteiger charge is 2.20. The van der Waals surface area contributed by atoms with Crippen LogP contribution in [-0.2, 0) is 9.47 Å². The van der Waals surface area contributed by atoms with Crippen LogP contribution in [0.2, 0.25) is 0 Å². The van der Waals surface area contributed by atoms with Gasteiger partial charge in [0.25, 0.3) is 0 Å². The van der Waals surface area contributed by atoms with E-state index in [1.165, 1.54) is 0 Å². The first kappa shape index (κ1) is 21.3. The molecular formula is C24H30N4O4. The monoisotopic (exact) mass is 438 g/mol. The third kappa shape index (κ3) is 4.78. The average Bonchev–Trinajstić information content (AvgIpc) is 3.34. The van der Waals surface area contributed by atoms with Crippen LogP contribution >= 0.6 is 0 Å². The van der Waals surface area contributed by atoms with Crippen molar-refractivity contribution >= 4 is 10.9 Å². The maximum atomic E-state index is 10.4. The van der Waals surface area contributed by atoms with Gasteiger partial charge in [-0.3, -0.25) is 9.88 Å². The molecule has 3 aromatic rings.